The quantitative estimate of drug-likeness (QED) is 0.0562. The molecule has 0 radical (unpaired) electrons. The Bertz CT molecular complexity index is 2340. The summed E-state index contributed by atoms with van der Waals surface area (Å²) >= 11 is 1.58. The van der Waals surface area contributed by atoms with Gasteiger partial charge >= 0.3 is 0 Å². The lowest BCUT2D eigenvalue weighted by molar-refractivity contribution is -0.144. The molecule has 0 bridgehead atoms. The molecule has 338 valence electrons. The fraction of sp³-hybridized carbons (Fsp3) is 0.532. The van der Waals surface area contributed by atoms with Crippen LogP contribution in [0.5, 0.6) is 0 Å². The monoisotopic (exact) mass is 882 g/mol. The summed E-state index contributed by atoms with van der Waals surface area (Å²) in [5, 5.41) is 22.6. The SMILES string of the molecule is Cc1ncsc1-c1ccc(CNC(=O)[C@@H]2C[C@@H](O)CN2C(=O)[C@@H](NC(=O)CCCCCCCCCCNc2cccc3nc(C)n(C4CCC(=O)NC4=O)c(=O)c23)C(C)(C)C)cc1. The summed E-state index contributed by atoms with van der Waals surface area (Å²) in [7, 11) is 0. The van der Waals surface area contributed by atoms with Crippen LogP contribution in [0.4, 0.5) is 5.69 Å². The van der Waals surface area contributed by atoms with E-state index in [2.05, 4.69) is 31.2 Å². The van der Waals surface area contributed by atoms with Gasteiger partial charge in [-0.15, -0.1) is 11.3 Å². The minimum Gasteiger partial charge on any atom is -0.391 e. The molecule has 2 saturated heterocycles. The normalized spacial score (nSPS) is 18.3. The number of aryl methyl sites for hydroxylation is 2. The Kier molecular flexibility index (Phi) is 15.9. The van der Waals surface area contributed by atoms with E-state index in [9.17, 15) is 33.9 Å². The number of benzene rings is 2. The Hall–Kier alpha value is -5.48. The number of nitrogens with zero attached hydrogens (tertiary/aromatic N) is 4. The topological polar surface area (TPSA) is 205 Å². The second-order valence-corrected chi connectivity index (χ2v) is 18.8. The number of piperidine rings is 1. The van der Waals surface area contributed by atoms with Gasteiger partial charge < -0.3 is 26.0 Å². The van der Waals surface area contributed by atoms with E-state index in [1.165, 1.54) is 9.47 Å². The Morgan fingerprint density at radius 2 is 1.65 bits per heavy atom. The predicted octanol–water partition coefficient (Wildman–Crippen LogP) is 5.85. The lowest BCUT2D eigenvalue weighted by Gasteiger charge is -2.35. The van der Waals surface area contributed by atoms with Crippen LogP contribution < -0.4 is 26.8 Å². The van der Waals surface area contributed by atoms with Gasteiger partial charge in [-0.1, -0.05) is 89.6 Å². The van der Waals surface area contributed by atoms with Crippen molar-refractivity contribution in [2.75, 3.05) is 18.4 Å². The molecule has 2 aliphatic rings. The Morgan fingerprint density at radius 3 is 2.32 bits per heavy atom. The molecule has 0 aliphatic carbocycles. The van der Waals surface area contributed by atoms with Crippen LogP contribution in [0.1, 0.15) is 121 Å². The van der Waals surface area contributed by atoms with Gasteiger partial charge in [-0.25, -0.2) is 9.97 Å². The highest BCUT2D eigenvalue weighted by atomic mass is 32.1. The third kappa shape index (κ3) is 12.0. The number of nitrogens with one attached hydrogen (secondary N) is 4. The van der Waals surface area contributed by atoms with E-state index in [1.807, 2.05) is 69.6 Å². The number of hydrogen-bond donors (Lipinski definition) is 5. The van der Waals surface area contributed by atoms with E-state index in [0.29, 0.717) is 41.8 Å². The van der Waals surface area contributed by atoms with Crippen LogP contribution in [0.25, 0.3) is 21.3 Å². The van der Waals surface area contributed by atoms with Gasteiger partial charge in [0.2, 0.25) is 29.5 Å². The molecular formula is C47H62N8O7S. The van der Waals surface area contributed by atoms with Crippen LogP contribution in [-0.2, 0) is 30.5 Å². The number of unbranched alkanes of at least 4 members (excludes halogenated alkanes) is 7. The van der Waals surface area contributed by atoms with Crippen molar-refractivity contribution in [2.45, 2.75) is 142 Å². The summed E-state index contributed by atoms with van der Waals surface area (Å²) in [6, 6.07) is 10.9. The minimum atomic E-state index is -0.860. The van der Waals surface area contributed by atoms with Crippen molar-refractivity contribution in [3.63, 3.8) is 0 Å². The first-order chi connectivity index (χ1) is 30.1. The number of carbonyl (C=O) groups excluding carboxylic acids is 5. The van der Waals surface area contributed by atoms with Gasteiger partial charge in [0.05, 0.1) is 33.1 Å². The van der Waals surface area contributed by atoms with Crippen molar-refractivity contribution in [2.24, 2.45) is 5.41 Å². The van der Waals surface area contributed by atoms with Gasteiger partial charge in [0, 0.05) is 44.6 Å². The second kappa shape index (κ2) is 21.3. The molecule has 16 heteroatoms. The number of aliphatic hydroxyl groups is 1. The average molecular weight is 883 g/mol. The van der Waals surface area contributed by atoms with E-state index in [4.69, 9.17) is 0 Å². The standard InChI is InChI=1S/C47H62N8O7S/c1-29-41(63-28-50-29)32-20-18-31(19-21-32)26-49-43(59)37-25-33(56)27-54(37)46(62)42(47(3,4)5)52-38(57)17-12-10-8-6-7-9-11-13-24-48-34-15-14-16-35-40(34)45(61)55(30(2)51-35)36-22-23-39(58)53-44(36)60/h14-16,18-21,28,33,36-37,42,48,56H,6-13,17,22-27H2,1-5H3,(H,49,59)(H,52,57)(H,53,58,60)/t33-,36?,37+,42-/m1/s1. The van der Waals surface area contributed by atoms with Crippen LogP contribution in [0.3, 0.4) is 0 Å². The van der Waals surface area contributed by atoms with E-state index in [-0.39, 0.29) is 61.5 Å². The molecule has 0 saturated carbocycles. The third-order valence-corrected chi connectivity index (χ3v) is 13.0. The highest BCUT2D eigenvalue weighted by Crippen LogP contribution is 2.29. The van der Waals surface area contributed by atoms with E-state index < -0.39 is 35.6 Å². The number of fused-ring (bicyclic) bond motifs is 1. The van der Waals surface area contributed by atoms with Gasteiger partial charge in [-0.3, -0.25) is 38.7 Å². The van der Waals surface area contributed by atoms with Crippen LogP contribution in [-0.4, -0.2) is 85.4 Å². The first-order valence-electron chi connectivity index (χ1n) is 22.3. The predicted molar refractivity (Wildman–Crippen MR) is 244 cm³/mol. The number of rotatable bonds is 19. The van der Waals surface area contributed by atoms with Crippen molar-refractivity contribution in [1.82, 2.24) is 35.4 Å². The smallest absolute Gasteiger partial charge is 0.264 e. The Balaban J connectivity index is 0.885. The molecule has 2 aromatic carbocycles. The summed E-state index contributed by atoms with van der Waals surface area (Å²) in [6.07, 6.45) is 7.69. The molecule has 4 atom stereocenters. The summed E-state index contributed by atoms with van der Waals surface area (Å²) in [5.74, 6) is -1.31. The van der Waals surface area contributed by atoms with E-state index in [1.54, 1.807) is 24.3 Å². The fourth-order valence-corrected chi connectivity index (χ4v) is 9.32. The Morgan fingerprint density at radius 1 is 0.952 bits per heavy atom. The summed E-state index contributed by atoms with van der Waals surface area (Å²) in [6.45, 7) is 10.3. The van der Waals surface area contributed by atoms with Crippen molar-refractivity contribution >= 4 is 57.5 Å². The van der Waals surface area contributed by atoms with Crippen molar-refractivity contribution in [1.29, 1.82) is 0 Å². The molecular weight excluding hydrogens is 821 g/mol. The van der Waals surface area contributed by atoms with Gasteiger partial charge in [-0.05, 0) is 61.8 Å². The zero-order valence-electron chi connectivity index (χ0n) is 37.1. The molecule has 0 spiro atoms. The lowest BCUT2D eigenvalue weighted by atomic mass is 9.85. The number of likely N-dealkylation sites (tertiary alicyclic amines) is 1. The second-order valence-electron chi connectivity index (χ2n) is 18.0. The molecule has 2 fully saturated rings. The number of carbonyl (C=O) groups is 5. The van der Waals surface area contributed by atoms with E-state index >= 15 is 0 Å². The summed E-state index contributed by atoms with van der Waals surface area (Å²) < 4.78 is 1.40. The molecule has 5 N–H and O–H groups in total. The van der Waals surface area contributed by atoms with Gasteiger partial charge in [-0.2, -0.15) is 0 Å². The number of amides is 5. The van der Waals surface area contributed by atoms with Crippen molar-refractivity contribution in [3.05, 3.63) is 75.4 Å². The highest BCUT2D eigenvalue weighted by molar-refractivity contribution is 7.13. The number of thiazole rings is 1. The molecule has 4 heterocycles. The lowest BCUT2D eigenvalue weighted by Crippen LogP contribution is -2.57. The molecule has 15 nitrogen and oxygen atoms in total. The van der Waals surface area contributed by atoms with Gasteiger partial charge in [0.1, 0.15) is 23.9 Å². The fourth-order valence-electron chi connectivity index (χ4n) is 8.50. The largest absolute Gasteiger partial charge is 0.391 e. The molecule has 5 amide bonds. The Labute approximate surface area is 372 Å². The number of aliphatic hydroxyl groups excluding tert-OH is 1. The van der Waals surface area contributed by atoms with Gasteiger partial charge in [0.15, 0.2) is 0 Å². The maximum absolute atomic E-state index is 14.0. The highest BCUT2D eigenvalue weighted by Gasteiger charge is 2.44. The molecule has 2 aliphatic heterocycles. The first-order valence-corrected chi connectivity index (χ1v) is 23.1. The van der Waals surface area contributed by atoms with E-state index in [0.717, 1.165) is 66.6 Å². The van der Waals surface area contributed by atoms with Crippen LogP contribution in [0.15, 0.2) is 52.8 Å². The maximum Gasteiger partial charge on any atom is 0.264 e. The zero-order chi connectivity index (χ0) is 45.3. The number of anilines is 1. The number of β-amino-alcohol motifs (C(OH)–C–C–N with tert-alkyl or cyclic N) is 1. The minimum absolute atomic E-state index is 0.0247. The van der Waals surface area contributed by atoms with Crippen LogP contribution in [0, 0.1) is 19.3 Å². The average Bonchev–Trinajstić information content (AvgIpc) is 3.86. The van der Waals surface area contributed by atoms with Crippen LogP contribution in [0.2, 0.25) is 0 Å². The molecule has 1 unspecified atom stereocenters. The number of hydrogen-bond acceptors (Lipinski definition) is 11. The van der Waals surface area contributed by atoms with Crippen molar-refractivity contribution in [3.8, 4) is 10.4 Å². The summed E-state index contributed by atoms with van der Waals surface area (Å²) in [5.41, 5.74) is 5.06. The van der Waals surface area contributed by atoms with Crippen LogP contribution >= 0.6 is 11.3 Å². The maximum atomic E-state index is 14.0. The molecule has 63 heavy (non-hydrogen) atoms. The molecule has 4 aromatic rings. The van der Waals surface area contributed by atoms with Gasteiger partial charge in [0.25, 0.3) is 5.56 Å². The third-order valence-electron chi connectivity index (χ3n) is 12.0. The number of aromatic nitrogens is 3. The summed E-state index contributed by atoms with van der Waals surface area (Å²) in [4.78, 5) is 90.0. The molecule has 6 rings (SSSR count). The number of imide groups is 1. The first kappa shape index (κ1) is 47.0. The zero-order valence-corrected chi connectivity index (χ0v) is 37.9. The molecule has 2 aromatic heterocycles. The van der Waals surface area contributed by atoms with Crippen molar-refractivity contribution < 1.29 is 29.1 Å².